The van der Waals surface area contributed by atoms with E-state index < -0.39 is 0 Å². The van der Waals surface area contributed by atoms with Gasteiger partial charge in [0.2, 0.25) is 0 Å². The van der Waals surface area contributed by atoms with E-state index in [9.17, 15) is 0 Å². The molecule has 0 spiro atoms. The summed E-state index contributed by atoms with van der Waals surface area (Å²) in [7, 11) is 0. The van der Waals surface area contributed by atoms with Crippen LogP contribution in [-0.2, 0) is 6.54 Å². The maximum atomic E-state index is 8.84. The first kappa shape index (κ1) is 12.5. The second-order valence-electron chi connectivity index (χ2n) is 3.56. The summed E-state index contributed by atoms with van der Waals surface area (Å²) < 4.78 is 5.14. The fraction of sp³-hybridized carbons (Fsp3) is 0.417. The van der Waals surface area contributed by atoms with Gasteiger partial charge < -0.3 is 15.2 Å². The van der Waals surface area contributed by atoms with Crippen molar-refractivity contribution in [2.75, 3.05) is 13.2 Å². The quantitative estimate of drug-likeness (QED) is 0.752. The molecule has 0 saturated heterocycles. The highest BCUT2D eigenvalue weighted by Gasteiger charge is 1.99. The van der Waals surface area contributed by atoms with Crippen LogP contribution in [0.25, 0.3) is 0 Å². The molecule has 0 aromatic heterocycles. The van der Waals surface area contributed by atoms with E-state index in [1.165, 1.54) is 0 Å². The first-order chi connectivity index (χ1) is 7.76. The van der Waals surface area contributed by atoms with Gasteiger partial charge in [-0.25, -0.2) is 0 Å². The molecule has 86 valence electrons. The van der Waals surface area contributed by atoms with Crippen LogP contribution in [0.15, 0.2) is 24.3 Å². The Balaban J connectivity index is 2.42. The van der Waals surface area contributed by atoms with Crippen LogP contribution in [0.4, 0.5) is 0 Å². The molecule has 4 nitrogen and oxygen atoms in total. The van der Waals surface area contributed by atoms with E-state index in [1.807, 2.05) is 37.3 Å². The zero-order valence-corrected chi connectivity index (χ0v) is 9.31. The Morgan fingerprint density at radius 3 is 2.69 bits per heavy atom. The Hall–Kier alpha value is -1.57. The van der Waals surface area contributed by atoms with Crippen molar-refractivity contribution >= 4 is 0 Å². The van der Waals surface area contributed by atoms with Crippen molar-refractivity contribution in [2.24, 2.45) is 0 Å². The van der Waals surface area contributed by atoms with Crippen LogP contribution in [0, 0.1) is 11.3 Å². The Morgan fingerprint density at radius 1 is 1.44 bits per heavy atom. The second-order valence-corrected chi connectivity index (χ2v) is 3.56. The van der Waals surface area contributed by atoms with Gasteiger partial charge in [0, 0.05) is 12.6 Å². The minimum absolute atomic E-state index is 0.0686. The van der Waals surface area contributed by atoms with Gasteiger partial charge in [-0.05, 0) is 24.6 Å². The number of nitrogens with one attached hydrogen (secondary N) is 1. The monoisotopic (exact) mass is 220 g/mol. The van der Waals surface area contributed by atoms with E-state index in [0.29, 0.717) is 12.3 Å². The molecule has 0 amide bonds. The number of rotatable bonds is 6. The van der Waals surface area contributed by atoms with Gasteiger partial charge in [-0.15, -0.1) is 0 Å². The first-order valence-corrected chi connectivity index (χ1v) is 5.19. The molecule has 0 aliphatic heterocycles. The summed E-state index contributed by atoms with van der Waals surface area (Å²) in [6, 6.07) is 9.54. The molecule has 16 heavy (non-hydrogen) atoms. The molecule has 0 bridgehead atoms. The van der Waals surface area contributed by atoms with Crippen molar-refractivity contribution in [3.63, 3.8) is 0 Å². The smallest absolute Gasteiger partial charge is 0.174 e. The standard InChI is InChI=1S/C12H16N2O2/c1-10(9-15)14-8-11-2-4-12(5-3-11)16-7-6-13/h2-5,10,14-15H,7-9H2,1H3. The summed E-state index contributed by atoms with van der Waals surface area (Å²) in [6.45, 7) is 2.83. The molecule has 2 N–H and O–H groups in total. The van der Waals surface area contributed by atoms with Crippen molar-refractivity contribution in [3.05, 3.63) is 29.8 Å². The molecule has 0 saturated carbocycles. The lowest BCUT2D eigenvalue weighted by molar-refractivity contribution is 0.251. The Morgan fingerprint density at radius 2 is 2.12 bits per heavy atom. The predicted octanol–water partition coefficient (Wildman–Crippen LogP) is 1.06. The maximum Gasteiger partial charge on any atom is 0.174 e. The van der Waals surface area contributed by atoms with Crippen molar-refractivity contribution in [1.29, 1.82) is 5.26 Å². The lowest BCUT2D eigenvalue weighted by Gasteiger charge is -2.10. The van der Waals surface area contributed by atoms with Gasteiger partial charge in [0.15, 0.2) is 6.61 Å². The molecule has 1 aromatic carbocycles. The molecule has 0 radical (unpaired) electrons. The molecular formula is C12H16N2O2. The topological polar surface area (TPSA) is 65.3 Å². The van der Waals surface area contributed by atoms with Crippen molar-refractivity contribution in [2.45, 2.75) is 19.5 Å². The van der Waals surface area contributed by atoms with Crippen molar-refractivity contribution in [3.8, 4) is 11.8 Å². The van der Waals surface area contributed by atoms with E-state index in [4.69, 9.17) is 15.1 Å². The van der Waals surface area contributed by atoms with Gasteiger partial charge in [0.25, 0.3) is 0 Å². The third-order valence-corrected chi connectivity index (χ3v) is 2.16. The van der Waals surface area contributed by atoms with Gasteiger partial charge in [0.1, 0.15) is 11.8 Å². The van der Waals surface area contributed by atoms with Crippen LogP contribution >= 0.6 is 0 Å². The van der Waals surface area contributed by atoms with Crippen molar-refractivity contribution < 1.29 is 9.84 Å². The SMILES string of the molecule is CC(CO)NCc1ccc(OCC#N)cc1. The van der Waals surface area contributed by atoms with Crippen LogP contribution in [0.2, 0.25) is 0 Å². The van der Waals surface area contributed by atoms with Crippen LogP contribution < -0.4 is 10.1 Å². The summed E-state index contributed by atoms with van der Waals surface area (Å²) >= 11 is 0. The van der Waals surface area contributed by atoms with Gasteiger partial charge in [0.05, 0.1) is 6.61 Å². The van der Waals surface area contributed by atoms with E-state index >= 15 is 0 Å². The number of nitriles is 1. The highest BCUT2D eigenvalue weighted by atomic mass is 16.5. The summed E-state index contributed by atoms with van der Waals surface area (Å²) in [5, 5.41) is 20.4. The van der Waals surface area contributed by atoms with Crippen molar-refractivity contribution in [1.82, 2.24) is 5.32 Å². The molecule has 0 heterocycles. The third kappa shape index (κ3) is 4.30. The largest absolute Gasteiger partial charge is 0.479 e. The zero-order chi connectivity index (χ0) is 11.8. The van der Waals surface area contributed by atoms with Crippen LogP contribution in [-0.4, -0.2) is 24.4 Å². The lowest BCUT2D eigenvalue weighted by Crippen LogP contribution is -2.28. The number of hydrogen-bond donors (Lipinski definition) is 2. The van der Waals surface area contributed by atoms with Crippen LogP contribution in [0.3, 0.4) is 0 Å². The molecule has 1 rings (SSSR count). The van der Waals surface area contributed by atoms with E-state index in [2.05, 4.69) is 5.32 Å². The molecular weight excluding hydrogens is 204 g/mol. The Labute approximate surface area is 95.5 Å². The molecule has 0 fully saturated rings. The zero-order valence-electron chi connectivity index (χ0n) is 9.31. The minimum Gasteiger partial charge on any atom is -0.479 e. The fourth-order valence-corrected chi connectivity index (χ4v) is 1.18. The average molecular weight is 220 g/mol. The summed E-state index contributed by atoms with van der Waals surface area (Å²) in [6.07, 6.45) is 0. The highest BCUT2D eigenvalue weighted by molar-refractivity contribution is 5.27. The molecule has 1 aromatic rings. The first-order valence-electron chi connectivity index (χ1n) is 5.19. The van der Waals surface area contributed by atoms with Gasteiger partial charge in [-0.2, -0.15) is 5.26 Å². The predicted molar refractivity (Wildman–Crippen MR) is 60.9 cm³/mol. The molecule has 0 aliphatic carbocycles. The normalized spacial score (nSPS) is 11.8. The number of ether oxygens (including phenoxy) is 1. The molecule has 1 atom stereocenters. The maximum absolute atomic E-state index is 8.84. The van der Waals surface area contributed by atoms with Gasteiger partial charge in [-0.3, -0.25) is 0 Å². The minimum atomic E-state index is 0.0686. The summed E-state index contributed by atoms with van der Waals surface area (Å²) in [5.41, 5.74) is 1.12. The Kier molecular flexibility index (Phi) is 5.34. The van der Waals surface area contributed by atoms with E-state index in [0.717, 1.165) is 5.56 Å². The number of hydrogen-bond acceptors (Lipinski definition) is 4. The van der Waals surface area contributed by atoms with E-state index in [1.54, 1.807) is 0 Å². The number of aliphatic hydroxyl groups is 1. The van der Waals surface area contributed by atoms with E-state index in [-0.39, 0.29) is 19.3 Å². The lowest BCUT2D eigenvalue weighted by atomic mass is 10.2. The second kappa shape index (κ2) is 6.83. The number of benzene rings is 1. The highest BCUT2D eigenvalue weighted by Crippen LogP contribution is 2.11. The fourth-order valence-electron chi connectivity index (χ4n) is 1.18. The number of nitrogens with zero attached hydrogens (tertiary/aromatic N) is 1. The summed E-state index contributed by atoms with van der Waals surface area (Å²) in [4.78, 5) is 0. The van der Waals surface area contributed by atoms with Crippen LogP contribution in [0.5, 0.6) is 5.75 Å². The molecule has 0 aliphatic rings. The van der Waals surface area contributed by atoms with Crippen LogP contribution in [0.1, 0.15) is 12.5 Å². The summed E-state index contributed by atoms with van der Waals surface area (Å²) in [5.74, 6) is 0.695. The van der Waals surface area contributed by atoms with Gasteiger partial charge in [-0.1, -0.05) is 12.1 Å². The van der Waals surface area contributed by atoms with Gasteiger partial charge >= 0.3 is 0 Å². The average Bonchev–Trinajstić information content (AvgIpc) is 2.34. The molecule has 4 heteroatoms. The molecule has 1 unspecified atom stereocenters. The third-order valence-electron chi connectivity index (χ3n) is 2.16. The Bertz CT molecular complexity index is 343. The number of aliphatic hydroxyl groups excluding tert-OH is 1.